The third-order valence-electron chi connectivity index (χ3n) is 7.63. The van der Waals surface area contributed by atoms with E-state index in [-0.39, 0.29) is 43.5 Å². The molecule has 0 saturated carbocycles. The maximum Gasteiger partial charge on any atom is 0.307 e. The maximum atomic E-state index is 13.2. The van der Waals surface area contributed by atoms with Crippen LogP contribution in [0, 0.1) is 18.3 Å². The van der Waals surface area contributed by atoms with E-state index in [9.17, 15) is 19.2 Å². The van der Waals surface area contributed by atoms with Crippen molar-refractivity contribution in [2.75, 3.05) is 20.1 Å². The number of benzene rings is 3. The van der Waals surface area contributed by atoms with Crippen LogP contribution in [0.3, 0.4) is 0 Å². The first kappa shape index (κ1) is 33.3. The number of hydrogen-bond acceptors (Lipinski definition) is 5. The Morgan fingerprint density at radius 3 is 1.93 bits per heavy atom. The van der Waals surface area contributed by atoms with Crippen LogP contribution in [-0.4, -0.2) is 64.1 Å². The number of Topliss-reactive ketones (excluding diaryl/α,β-unsaturated/α-hetero) is 1. The van der Waals surface area contributed by atoms with Crippen LogP contribution in [0.1, 0.15) is 47.6 Å². The highest BCUT2D eigenvalue weighted by Gasteiger charge is 2.55. The van der Waals surface area contributed by atoms with Crippen molar-refractivity contribution in [3.05, 3.63) is 105 Å². The summed E-state index contributed by atoms with van der Waals surface area (Å²) >= 11 is 11.3. The van der Waals surface area contributed by atoms with Crippen LogP contribution in [-0.2, 0) is 32.0 Å². The second-order valence-corrected chi connectivity index (χ2v) is 11.5. The summed E-state index contributed by atoms with van der Waals surface area (Å²) in [7, 11) is 1.58. The molecule has 1 saturated heterocycles. The number of likely N-dealkylation sites (tertiary alicyclic amines) is 1. The molecule has 0 bridgehead atoms. The number of carboxylic acid groups (broad SMARTS) is 1. The fraction of sp³-hybridized carbons (Fsp3) is 0.303. The van der Waals surface area contributed by atoms with Crippen molar-refractivity contribution in [1.82, 2.24) is 9.80 Å². The minimum Gasteiger partial charge on any atom is -0.481 e. The van der Waals surface area contributed by atoms with E-state index < -0.39 is 17.4 Å². The van der Waals surface area contributed by atoms with Gasteiger partial charge in [-0.2, -0.15) is 5.26 Å². The summed E-state index contributed by atoms with van der Waals surface area (Å²) in [6.07, 6.45) is -0.00362. The number of nitriles is 1. The predicted molar refractivity (Wildman–Crippen MR) is 165 cm³/mol. The monoisotopic (exact) mass is 621 g/mol. The minimum atomic E-state index is -1.22. The number of aliphatic carboxylic acids is 1. The van der Waals surface area contributed by atoms with Crippen LogP contribution < -0.4 is 0 Å². The molecular weight excluding hydrogens is 589 g/mol. The van der Waals surface area contributed by atoms with Gasteiger partial charge in [0, 0.05) is 36.5 Å². The lowest BCUT2D eigenvalue weighted by molar-refractivity contribution is -0.143. The Morgan fingerprint density at radius 2 is 1.49 bits per heavy atom. The van der Waals surface area contributed by atoms with Crippen LogP contribution in [0.25, 0.3) is 0 Å². The van der Waals surface area contributed by atoms with Gasteiger partial charge in [0.05, 0.1) is 31.0 Å². The van der Waals surface area contributed by atoms with Crippen LogP contribution in [0.2, 0.25) is 10.0 Å². The lowest BCUT2D eigenvalue weighted by Crippen LogP contribution is -2.58. The molecule has 4 rings (SSSR count). The van der Waals surface area contributed by atoms with E-state index in [0.717, 1.165) is 16.7 Å². The number of nitrogens with zero attached hydrogens (tertiary/aromatic N) is 3. The third kappa shape index (κ3) is 8.22. The van der Waals surface area contributed by atoms with E-state index >= 15 is 0 Å². The van der Waals surface area contributed by atoms with Gasteiger partial charge in [-0.25, -0.2) is 0 Å². The molecule has 0 spiro atoms. The van der Waals surface area contributed by atoms with Gasteiger partial charge in [0.25, 0.3) is 0 Å². The number of rotatable bonds is 7. The Morgan fingerprint density at radius 1 is 0.953 bits per heavy atom. The topological polar surface area (TPSA) is 119 Å². The van der Waals surface area contributed by atoms with Gasteiger partial charge in [-0.05, 0) is 66.4 Å². The average Bonchev–Trinajstić information content (AvgIpc) is 3.35. The second kappa shape index (κ2) is 14.3. The number of halogens is 2. The summed E-state index contributed by atoms with van der Waals surface area (Å²) in [6, 6.07) is 21.2. The van der Waals surface area contributed by atoms with Crippen molar-refractivity contribution >= 4 is 46.8 Å². The third-order valence-corrected chi connectivity index (χ3v) is 8.06. The Hall–Kier alpha value is -4.19. The van der Waals surface area contributed by atoms with Crippen molar-refractivity contribution in [3.8, 4) is 6.07 Å². The van der Waals surface area contributed by atoms with E-state index in [1.54, 1.807) is 66.5 Å². The first-order chi connectivity index (χ1) is 20.3. The van der Waals surface area contributed by atoms with Gasteiger partial charge in [0.15, 0.2) is 5.78 Å². The molecule has 43 heavy (non-hydrogen) atoms. The molecule has 3 aromatic carbocycles. The number of carboxylic acids is 1. The zero-order chi connectivity index (χ0) is 31.9. The smallest absolute Gasteiger partial charge is 0.307 e. The van der Waals surface area contributed by atoms with Gasteiger partial charge < -0.3 is 14.9 Å². The summed E-state index contributed by atoms with van der Waals surface area (Å²) in [5.74, 6) is -2.06. The molecule has 2 amide bonds. The average molecular weight is 623 g/mol. The molecule has 224 valence electrons. The molecule has 1 unspecified atom stereocenters. The van der Waals surface area contributed by atoms with Crippen LogP contribution in [0.4, 0.5) is 0 Å². The van der Waals surface area contributed by atoms with Gasteiger partial charge in [0.2, 0.25) is 11.8 Å². The normalized spacial score (nSPS) is 17.3. The van der Waals surface area contributed by atoms with Crippen molar-refractivity contribution in [3.63, 3.8) is 0 Å². The molecule has 1 fully saturated rings. The zero-order valence-corrected chi connectivity index (χ0v) is 25.9. The van der Waals surface area contributed by atoms with Crippen LogP contribution in [0.5, 0.6) is 0 Å². The number of carbonyl (C=O) groups excluding carboxylic acids is 3. The van der Waals surface area contributed by atoms with E-state index in [1.807, 2.05) is 19.1 Å². The number of likely N-dealkylation sites (N-methyl/N-ethyl adjacent to an activating group) is 1. The quantitative estimate of drug-likeness (QED) is 0.374. The number of hydrogen-bond donors (Lipinski definition) is 1. The second-order valence-electron chi connectivity index (χ2n) is 10.6. The highest BCUT2D eigenvalue weighted by molar-refractivity contribution is 6.34. The number of amides is 2. The van der Waals surface area contributed by atoms with Crippen molar-refractivity contribution in [1.29, 1.82) is 5.26 Å². The van der Waals surface area contributed by atoms with E-state index in [1.165, 1.54) is 18.7 Å². The lowest BCUT2D eigenvalue weighted by Gasteiger charge is -2.40. The van der Waals surface area contributed by atoms with Crippen LogP contribution in [0.15, 0.2) is 66.7 Å². The standard InChI is InChI=1S/C26H27N3O5.C7H6Cl2/c1-17(30)26(28(3)18(2)31)16-29(15-23(26)22-10-8-21(14-27)9-11-22)24(32)12-19-4-6-20(7-5-19)13-25(33)34;1-5-2-6(8)4-7(9)3-5/h4-11,23H,12-13,15-16H2,1-3H3,(H,33,34);2-4H,1H3/t23?,26-;/m0./s1. The highest BCUT2D eigenvalue weighted by atomic mass is 35.5. The van der Waals surface area contributed by atoms with Crippen molar-refractivity contribution < 1.29 is 24.3 Å². The lowest BCUT2D eigenvalue weighted by atomic mass is 9.77. The molecule has 8 nitrogen and oxygen atoms in total. The number of aryl methyl sites for hydroxylation is 1. The summed E-state index contributed by atoms with van der Waals surface area (Å²) in [4.78, 5) is 52.6. The fourth-order valence-corrected chi connectivity index (χ4v) is 5.97. The van der Waals surface area contributed by atoms with Gasteiger partial charge in [-0.3, -0.25) is 19.2 Å². The van der Waals surface area contributed by atoms with E-state index in [0.29, 0.717) is 21.2 Å². The van der Waals surface area contributed by atoms with Crippen molar-refractivity contribution in [2.45, 2.75) is 45.1 Å². The van der Waals surface area contributed by atoms with E-state index in [2.05, 4.69) is 6.07 Å². The summed E-state index contributed by atoms with van der Waals surface area (Å²) < 4.78 is 0. The zero-order valence-electron chi connectivity index (χ0n) is 24.4. The minimum absolute atomic E-state index is 0.0685. The van der Waals surface area contributed by atoms with Gasteiger partial charge in [-0.1, -0.05) is 59.6 Å². The summed E-state index contributed by atoms with van der Waals surface area (Å²) in [6.45, 7) is 5.10. The molecule has 1 aliphatic rings. The number of ketones is 1. The molecule has 0 aromatic heterocycles. The van der Waals surface area contributed by atoms with E-state index in [4.69, 9.17) is 33.6 Å². The maximum absolute atomic E-state index is 13.2. The molecule has 1 aliphatic heterocycles. The summed E-state index contributed by atoms with van der Waals surface area (Å²) in [5, 5.41) is 19.4. The Kier molecular flexibility index (Phi) is 11.1. The first-order valence-electron chi connectivity index (χ1n) is 13.5. The van der Waals surface area contributed by atoms with Gasteiger partial charge in [0.1, 0.15) is 5.54 Å². The molecule has 10 heteroatoms. The van der Waals surface area contributed by atoms with Gasteiger partial charge >= 0.3 is 5.97 Å². The van der Waals surface area contributed by atoms with Crippen LogP contribution >= 0.6 is 23.2 Å². The number of carbonyl (C=O) groups is 4. The van der Waals surface area contributed by atoms with Gasteiger partial charge in [-0.15, -0.1) is 0 Å². The molecular formula is C33H33Cl2N3O5. The molecule has 3 aromatic rings. The Bertz CT molecular complexity index is 1500. The summed E-state index contributed by atoms with van der Waals surface area (Å²) in [5.41, 5.74) is 2.50. The van der Waals surface area contributed by atoms with Crippen molar-refractivity contribution in [2.24, 2.45) is 0 Å². The predicted octanol–water partition coefficient (Wildman–Crippen LogP) is 5.46. The largest absolute Gasteiger partial charge is 0.481 e. The Balaban J connectivity index is 0.000000480. The SMILES string of the molecule is CC(=O)N(C)[C@]1(C(C)=O)CN(C(=O)Cc2ccc(CC(=O)O)cc2)CC1c1ccc(C#N)cc1.Cc1cc(Cl)cc(Cl)c1. The first-order valence-corrected chi connectivity index (χ1v) is 14.3. The highest BCUT2D eigenvalue weighted by Crippen LogP contribution is 2.41. The molecule has 1 N–H and O–H groups in total. The molecule has 2 atom stereocenters. The fourth-order valence-electron chi connectivity index (χ4n) is 5.34. The molecule has 0 aliphatic carbocycles. The molecule has 0 radical (unpaired) electrons. The molecule has 1 heterocycles. The Labute approximate surface area is 261 Å².